The molecule has 1 heterocycles. The van der Waals surface area contributed by atoms with Gasteiger partial charge >= 0.3 is 6.36 Å². The van der Waals surface area contributed by atoms with E-state index in [1.165, 1.54) is 18.2 Å². The van der Waals surface area contributed by atoms with E-state index in [-0.39, 0.29) is 5.75 Å². The molecule has 3 rings (SSSR count). The van der Waals surface area contributed by atoms with E-state index in [0.29, 0.717) is 41.1 Å². The highest BCUT2D eigenvalue weighted by atomic mass is 35.5. The molecule has 2 aromatic carbocycles. The van der Waals surface area contributed by atoms with Crippen molar-refractivity contribution in [2.24, 2.45) is 0 Å². The number of anilines is 2. The van der Waals surface area contributed by atoms with Crippen LogP contribution in [0, 0.1) is 0 Å². The predicted octanol–water partition coefficient (Wildman–Crippen LogP) is 5.74. The standard InChI is InChI=1S/C20H18ClF3N4O/c1-2-25-19-27-17(14-4-3-5-16(10-14)29-20(22,23)24)11-18(28-19)26-12-13-6-8-15(21)9-7-13/h3-11H,2,12H2,1H3,(H2,25,26,27,28). The third-order valence-electron chi connectivity index (χ3n) is 3.81. The maximum Gasteiger partial charge on any atom is 0.573 e. The summed E-state index contributed by atoms with van der Waals surface area (Å²) in [6.45, 7) is 2.99. The van der Waals surface area contributed by atoms with Crippen LogP contribution in [0.4, 0.5) is 24.9 Å². The highest BCUT2D eigenvalue weighted by Gasteiger charge is 2.31. The Hall–Kier alpha value is -3.00. The van der Waals surface area contributed by atoms with Crippen molar-refractivity contribution >= 4 is 23.4 Å². The monoisotopic (exact) mass is 422 g/mol. The molecule has 0 aliphatic rings. The number of aromatic nitrogens is 2. The van der Waals surface area contributed by atoms with Crippen LogP contribution in [0.5, 0.6) is 5.75 Å². The summed E-state index contributed by atoms with van der Waals surface area (Å²) in [5, 5.41) is 6.87. The molecule has 0 unspecified atom stereocenters. The molecule has 0 saturated carbocycles. The lowest BCUT2D eigenvalue weighted by Gasteiger charge is -2.12. The Bertz CT molecular complexity index is 965. The second kappa shape index (κ2) is 9.00. The first kappa shape index (κ1) is 20.7. The molecule has 9 heteroatoms. The Kier molecular flexibility index (Phi) is 6.43. The van der Waals surface area contributed by atoms with E-state index in [1.807, 2.05) is 19.1 Å². The Labute approximate surface area is 170 Å². The molecule has 5 nitrogen and oxygen atoms in total. The molecule has 0 saturated heterocycles. The highest BCUT2D eigenvalue weighted by molar-refractivity contribution is 6.30. The summed E-state index contributed by atoms with van der Waals surface area (Å²) in [7, 11) is 0. The van der Waals surface area contributed by atoms with Crippen molar-refractivity contribution in [2.75, 3.05) is 17.2 Å². The van der Waals surface area contributed by atoms with Gasteiger partial charge in [0.1, 0.15) is 11.6 Å². The van der Waals surface area contributed by atoms with Crippen LogP contribution in [0.1, 0.15) is 12.5 Å². The first-order valence-electron chi connectivity index (χ1n) is 8.80. The summed E-state index contributed by atoms with van der Waals surface area (Å²) in [5.74, 6) is 0.586. The summed E-state index contributed by atoms with van der Waals surface area (Å²) in [6.07, 6.45) is -4.76. The van der Waals surface area contributed by atoms with E-state index >= 15 is 0 Å². The Morgan fingerprint density at radius 3 is 2.45 bits per heavy atom. The number of nitrogens with zero attached hydrogens (tertiary/aromatic N) is 2. The van der Waals surface area contributed by atoms with Crippen LogP contribution in [0.2, 0.25) is 5.02 Å². The summed E-state index contributed by atoms with van der Waals surface area (Å²) in [5.41, 5.74) is 1.94. The minimum absolute atomic E-state index is 0.311. The lowest BCUT2D eigenvalue weighted by atomic mass is 10.1. The van der Waals surface area contributed by atoms with Gasteiger partial charge in [-0.25, -0.2) is 4.98 Å². The number of alkyl halides is 3. The van der Waals surface area contributed by atoms with Crippen LogP contribution in [0.15, 0.2) is 54.6 Å². The second-order valence-corrected chi connectivity index (χ2v) is 6.48. The lowest BCUT2D eigenvalue weighted by Crippen LogP contribution is -2.17. The van der Waals surface area contributed by atoms with Crippen molar-refractivity contribution in [2.45, 2.75) is 19.8 Å². The lowest BCUT2D eigenvalue weighted by molar-refractivity contribution is -0.274. The van der Waals surface area contributed by atoms with Crippen LogP contribution < -0.4 is 15.4 Å². The van der Waals surface area contributed by atoms with Crippen molar-refractivity contribution in [1.82, 2.24) is 9.97 Å². The number of nitrogens with one attached hydrogen (secondary N) is 2. The topological polar surface area (TPSA) is 59.1 Å². The van der Waals surface area contributed by atoms with Gasteiger partial charge in [-0.2, -0.15) is 4.98 Å². The Morgan fingerprint density at radius 2 is 1.76 bits per heavy atom. The van der Waals surface area contributed by atoms with Crippen molar-refractivity contribution in [3.8, 4) is 17.0 Å². The normalized spacial score (nSPS) is 11.2. The van der Waals surface area contributed by atoms with Crippen molar-refractivity contribution in [1.29, 1.82) is 0 Å². The molecular formula is C20H18ClF3N4O. The zero-order chi connectivity index (χ0) is 20.9. The fraction of sp³-hybridized carbons (Fsp3) is 0.200. The third kappa shape index (κ3) is 6.25. The number of hydrogen-bond acceptors (Lipinski definition) is 5. The van der Waals surface area contributed by atoms with E-state index in [4.69, 9.17) is 11.6 Å². The smallest absolute Gasteiger partial charge is 0.406 e. The highest BCUT2D eigenvalue weighted by Crippen LogP contribution is 2.28. The second-order valence-electron chi connectivity index (χ2n) is 6.05. The van der Waals surface area contributed by atoms with Gasteiger partial charge in [0.2, 0.25) is 5.95 Å². The Morgan fingerprint density at radius 1 is 1.00 bits per heavy atom. The molecule has 3 aromatic rings. The molecule has 0 amide bonds. The van der Waals surface area contributed by atoms with Gasteiger partial charge < -0.3 is 15.4 Å². The molecule has 0 atom stereocenters. The van der Waals surface area contributed by atoms with E-state index in [9.17, 15) is 13.2 Å². The largest absolute Gasteiger partial charge is 0.573 e. The molecule has 0 bridgehead atoms. The number of rotatable bonds is 7. The number of ether oxygens (including phenoxy) is 1. The van der Waals surface area contributed by atoms with Gasteiger partial charge in [0.25, 0.3) is 0 Å². The Balaban J connectivity index is 1.86. The van der Waals surface area contributed by atoms with Crippen molar-refractivity contribution in [3.63, 3.8) is 0 Å². The average Bonchev–Trinajstić information content (AvgIpc) is 2.66. The molecule has 0 aliphatic carbocycles. The summed E-state index contributed by atoms with van der Waals surface area (Å²) >= 11 is 5.90. The van der Waals surface area contributed by atoms with Gasteiger partial charge in [0, 0.05) is 29.7 Å². The number of hydrogen-bond donors (Lipinski definition) is 2. The SMILES string of the molecule is CCNc1nc(NCc2ccc(Cl)cc2)cc(-c2cccc(OC(F)(F)F)c2)n1. The molecule has 0 spiro atoms. The van der Waals surface area contributed by atoms with E-state index in [0.717, 1.165) is 5.56 Å². The van der Waals surface area contributed by atoms with Crippen molar-refractivity contribution < 1.29 is 17.9 Å². The van der Waals surface area contributed by atoms with Crippen LogP contribution in [0.3, 0.4) is 0 Å². The maximum absolute atomic E-state index is 12.5. The molecular weight excluding hydrogens is 405 g/mol. The fourth-order valence-electron chi connectivity index (χ4n) is 2.57. The summed E-state index contributed by atoms with van der Waals surface area (Å²) in [4.78, 5) is 8.77. The molecule has 2 N–H and O–H groups in total. The average molecular weight is 423 g/mol. The predicted molar refractivity (Wildman–Crippen MR) is 107 cm³/mol. The van der Waals surface area contributed by atoms with Crippen LogP contribution in [-0.2, 0) is 6.54 Å². The van der Waals surface area contributed by atoms with Gasteiger partial charge in [-0.15, -0.1) is 13.2 Å². The zero-order valence-corrected chi connectivity index (χ0v) is 16.2. The minimum Gasteiger partial charge on any atom is -0.406 e. The van der Waals surface area contributed by atoms with Gasteiger partial charge in [-0.3, -0.25) is 0 Å². The van der Waals surface area contributed by atoms with Gasteiger partial charge in [0.15, 0.2) is 0 Å². The molecule has 0 aliphatic heterocycles. The number of halogens is 4. The van der Waals surface area contributed by atoms with Crippen LogP contribution >= 0.6 is 11.6 Å². The quantitative estimate of drug-likeness (QED) is 0.508. The summed E-state index contributed by atoms with van der Waals surface area (Å²) in [6, 6.07) is 14.7. The molecule has 29 heavy (non-hydrogen) atoms. The first-order valence-corrected chi connectivity index (χ1v) is 9.17. The van der Waals surface area contributed by atoms with Crippen LogP contribution in [0.25, 0.3) is 11.3 Å². The van der Waals surface area contributed by atoms with E-state index in [2.05, 4.69) is 25.3 Å². The van der Waals surface area contributed by atoms with Gasteiger partial charge in [-0.1, -0.05) is 35.9 Å². The zero-order valence-electron chi connectivity index (χ0n) is 15.4. The van der Waals surface area contributed by atoms with E-state index in [1.54, 1.807) is 24.3 Å². The number of benzene rings is 2. The minimum atomic E-state index is -4.76. The van der Waals surface area contributed by atoms with E-state index < -0.39 is 6.36 Å². The third-order valence-corrected chi connectivity index (χ3v) is 4.06. The molecule has 0 fully saturated rings. The van der Waals surface area contributed by atoms with Crippen LogP contribution in [-0.4, -0.2) is 22.9 Å². The van der Waals surface area contributed by atoms with Gasteiger partial charge in [0.05, 0.1) is 5.69 Å². The molecule has 152 valence electrons. The molecule has 0 radical (unpaired) electrons. The fourth-order valence-corrected chi connectivity index (χ4v) is 2.70. The maximum atomic E-state index is 12.5. The molecule has 1 aromatic heterocycles. The van der Waals surface area contributed by atoms with Gasteiger partial charge in [-0.05, 0) is 36.8 Å². The van der Waals surface area contributed by atoms with Crippen molar-refractivity contribution in [3.05, 3.63) is 65.2 Å². The summed E-state index contributed by atoms with van der Waals surface area (Å²) < 4.78 is 41.5. The first-order chi connectivity index (χ1) is 13.8.